The minimum Gasteiger partial charge on any atom is -0.480 e. The lowest BCUT2D eigenvalue weighted by molar-refractivity contribution is -0.384. The highest BCUT2D eigenvalue weighted by Gasteiger charge is 2.45. The van der Waals surface area contributed by atoms with Crippen LogP contribution in [-0.2, 0) is 14.6 Å². The summed E-state index contributed by atoms with van der Waals surface area (Å²) in [4.78, 5) is 23.6. The molecule has 0 radical (unpaired) electrons. The number of fused-ring (bicyclic) bond motifs is 1. The number of hydrogen-bond acceptors (Lipinski definition) is 6. The van der Waals surface area contributed by atoms with E-state index in [1.54, 1.807) is 0 Å². The van der Waals surface area contributed by atoms with Gasteiger partial charge in [0.25, 0.3) is 5.69 Å². The van der Waals surface area contributed by atoms with Gasteiger partial charge in [0, 0.05) is 24.7 Å². The Morgan fingerprint density at radius 3 is 2.50 bits per heavy atom. The van der Waals surface area contributed by atoms with Crippen molar-refractivity contribution in [3.05, 3.63) is 34.4 Å². The number of hydrogen-bond donors (Lipinski definition) is 1. The van der Waals surface area contributed by atoms with E-state index >= 15 is 0 Å². The molecule has 3 atom stereocenters. The molecule has 1 N–H and O–H groups in total. The quantitative estimate of drug-likeness (QED) is 0.591. The minimum absolute atomic E-state index is 0.0226. The summed E-state index contributed by atoms with van der Waals surface area (Å²) in [6, 6.07) is 4.30. The van der Waals surface area contributed by atoms with Gasteiger partial charge in [-0.05, 0) is 37.3 Å². The molecule has 3 rings (SSSR count). The molecule has 1 aliphatic carbocycles. The number of carboxylic acid groups (broad SMARTS) is 1. The second-order valence-electron chi connectivity index (χ2n) is 7.01. The van der Waals surface area contributed by atoms with Gasteiger partial charge in [0.2, 0.25) is 0 Å². The number of rotatable bonds is 6. The van der Waals surface area contributed by atoms with Gasteiger partial charge in [0.1, 0.15) is 6.04 Å². The van der Waals surface area contributed by atoms with Gasteiger partial charge in [0.05, 0.1) is 15.6 Å². The normalized spacial score (nSPS) is 26.4. The van der Waals surface area contributed by atoms with Crippen LogP contribution in [0.4, 0.5) is 5.69 Å². The zero-order chi connectivity index (χ0) is 18.9. The second kappa shape index (κ2) is 7.32. The summed E-state index contributed by atoms with van der Waals surface area (Å²) in [7, 11) is -3.63. The fourth-order valence-electron chi connectivity index (χ4n) is 4.24. The molecule has 2 fully saturated rings. The average molecular weight is 382 g/mol. The lowest BCUT2D eigenvalue weighted by atomic mass is 9.85. The van der Waals surface area contributed by atoms with Crippen LogP contribution in [0.2, 0.25) is 0 Å². The number of aliphatic carboxylic acids is 1. The van der Waals surface area contributed by atoms with Crippen LogP contribution in [0.3, 0.4) is 0 Å². The van der Waals surface area contributed by atoms with Crippen molar-refractivity contribution in [3.8, 4) is 0 Å². The number of likely N-dealkylation sites (tertiary alicyclic amines) is 1. The first-order chi connectivity index (χ1) is 12.3. The number of non-ortho nitro benzene ring substituents is 1. The Bertz CT molecular complexity index is 792. The molecule has 0 amide bonds. The molecule has 9 heteroatoms. The summed E-state index contributed by atoms with van der Waals surface area (Å²) in [5, 5.41) is 20.2. The summed E-state index contributed by atoms with van der Waals surface area (Å²) in [5.74, 6) is -0.767. The Hall–Kier alpha value is -2.00. The van der Waals surface area contributed by atoms with E-state index in [1.165, 1.54) is 24.3 Å². The first-order valence-electron chi connectivity index (χ1n) is 8.75. The van der Waals surface area contributed by atoms with Gasteiger partial charge in [-0.2, -0.15) is 0 Å². The van der Waals surface area contributed by atoms with Gasteiger partial charge in [-0.1, -0.05) is 12.8 Å². The number of nitro benzene ring substituents is 1. The summed E-state index contributed by atoms with van der Waals surface area (Å²) in [6.07, 6.45) is 4.63. The van der Waals surface area contributed by atoms with Crippen LogP contribution in [0.1, 0.15) is 32.1 Å². The highest BCUT2D eigenvalue weighted by atomic mass is 32.2. The molecule has 0 bridgehead atoms. The van der Waals surface area contributed by atoms with Crippen molar-refractivity contribution in [1.29, 1.82) is 0 Å². The summed E-state index contributed by atoms with van der Waals surface area (Å²) in [5.41, 5.74) is -0.167. The standard InChI is InChI=1S/C17H22N2O6S/c20-17(21)16-11-12-3-1-2-4-15(12)18(16)9-10-26(24,25)14-7-5-13(6-8-14)19(22)23/h5-8,12,15-16H,1-4,9-11H2,(H,20,21). The Labute approximate surface area is 151 Å². The maximum absolute atomic E-state index is 12.6. The number of carboxylic acids is 1. The van der Waals surface area contributed by atoms with E-state index in [4.69, 9.17) is 0 Å². The topological polar surface area (TPSA) is 118 Å². The highest BCUT2D eigenvalue weighted by molar-refractivity contribution is 7.91. The van der Waals surface area contributed by atoms with Crippen LogP contribution in [-0.4, -0.2) is 53.7 Å². The van der Waals surface area contributed by atoms with Crippen LogP contribution < -0.4 is 0 Å². The van der Waals surface area contributed by atoms with Gasteiger partial charge < -0.3 is 5.11 Å². The molecule has 1 saturated heterocycles. The maximum Gasteiger partial charge on any atom is 0.320 e. The molecule has 2 aliphatic rings. The number of nitrogens with zero attached hydrogens (tertiary/aromatic N) is 2. The number of sulfone groups is 1. The molecular formula is C17H22N2O6S. The van der Waals surface area contributed by atoms with Crippen molar-refractivity contribution in [3.63, 3.8) is 0 Å². The van der Waals surface area contributed by atoms with Crippen molar-refractivity contribution < 1.29 is 23.2 Å². The summed E-state index contributed by atoms with van der Waals surface area (Å²) < 4.78 is 25.1. The van der Waals surface area contributed by atoms with Gasteiger partial charge in [-0.15, -0.1) is 0 Å². The van der Waals surface area contributed by atoms with Gasteiger partial charge in [-0.25, -0.2) is 8.42 Å². The maximum atomic E-state index is 12.6. The lowest BCUT2D eigenvalue weighted by Crippen LogP contribution is -2.44. The number of nitro groups is 1. The van der Waals surface area contributed by atoms with Crippen molar-refractivity contribution in [2.45, 2.75) is 49.1 Å². The molecule has 1 heterocycles. The molecule has 26 heavy (non-hydrogen) atoms. The largest absolute Gasteiger partial charge is 0.480 e. The summed E-state index contributed by atoms with van der Waals surface area (Å²) in [6.45, 7) is 0.164. The Kier molecular flexibility index (Phi) is 5.29. The predicted octanol–water partition coefficient (Wildman–Crippen LogP) is 2.09. The fourth-order valence-corrected chi connectivity index (χ4v) is 5.47. The average Bonchev–Trinajstić information content (AvgIpc) is 2.99. The van der Waals surface area contributed by atoms with E-state index in [2.05, 4.69) is 0 Å². The minimum atomic E-state index is -3.63. The molecule has 142 valence electrons. The third-order valence-corrected chi connectivity index (χ3v) is 7.24. The molecule has 8 nitrogen and oxygen atoms in total. The molecular weight excluding hydrogens is 360 g/mol. The van der Waals surface area contributed by atoms with Crippen molar-refractivity contribution >= 4 is 21.5 Å². The van der Waals surface area contributed by atoms with Crippen molar-refractivity contribution in [1.82, 2.24) is 4.90 Å². The molecule has 1 aromatic carbocycles. The van der Waals surface area contributed by atoms with Crippen molar-refractivity contribution in [2.75, 3.05) is 12.3 Å². The monoisotopic (exact) mass is 382 g/mol. The van der Waals surface area contributed by atoms with E-state index < -0.39 is 26.8 Å². The van der Waals surface area contributed by atoms with Crippen LogP contribution in [0.25, 0.3) is 0 Å². The fraction of sp³-hybridized carbons (Fsp3) is 0.588. The Balaban J connectivity index is 1.73. The van der Waals surface area contributed by atoms with Crippen LogP contribution >= 0.6 is 0 Å². The molecule has 1 saturated carbocycles. The van der Waals surface area contributed by atoms with E-state index in [9.17, 15) is 28.4 Å². The SMILES string of the molecule is O=C(O)C1CC2CCCCC2N1CCS(=O)(=O)c1ccc([N+](=O)[O-])cc1. The molecule has 3 unspecified atom stereocenters. The van der Waals surface area contributed by atoms with Gasteiger partial charge >= 0.3 is 5.97 Å². The van der Waals surface area contributed by atoms with E-state index in [0.29, 0.717) is 12.3 Å². The first-order valence-corrected chi connectivity index (χ1v) is 10.4. The lowest BCUT2D eigenvalue weighted by Gasteiger charge is -2.32. The van der Waals surface area contributed by atoms with Gasteiger partial charge in [0.15, 0.2) is 9.84 Å². The molecule has 1 aromatic rings. The number of benzene rings is 1. The molecule has 1 aliphatic heterocycles. The van der Waals surface area contributed by atoms with Crippen LogP contribution in [0.15, 0.2) is 29.2 Å². The predicted molar refractivity (Wildman–Crippen MR) is 93.6 cm³/mol. The summed E-state index contributed by atoms with van der Waals surface area (Å²) >= 11 is 0. The Morgan fingerprint density at radius 2 is 1.88 bits per heavy atom. The Morgan fingerprint density at radius 1 is 1.23 bits per heavy atom. The van der Waals surface area contributed by atoms with E-state index in [0.717, 1.165) is 25.7 Å². The third kappa shape index (κ3) is 3.73. The van der Waals surface area contributed by atoms with Crippen molar-refractivity contribution in [2.24, 2.45) is 5.92 Å². The molecule has 0 spiro atoms. The van der Waals surface area contributed by atoms with Crippen LogP contribution in [0, 0.1) is 16.0 Å². The zero-order valence-electron chi connectivity index (χ0n) is 14.3. The van der Waals surface area contributed by atoms with Crippen LogP contribution in [0.5, 0.6) is 0 Å². The highest BCUT2D eigenvalue weighted by Crippen LogP contribution is 2.39. The smallest absolute Gasteiger partial charge is 0.320 e. The second-order valence-corrected chi connectivity index (χ2v) is 9.12. The molecule has 0 aromatic heterocycles. The number of carbonyl (C=O) groups is 1. The van der Waals surface area contributed by atoms with Gasteiger partial charge in [-0.3, -0.25) is 19.8 Å². The zero-order valence-corrected chi connectivity index (χ0v) is 15.1. The van der Waals surface area contributed by atoms with E-state index in [1.807, 2.05) is 4.90 Å². The first kappa shape index (κ1) is 18.8. The third-order valence-electron chi connectivity index (χ3n) is 5.53. The van der Waals surface area contributed by atoms with E-state index in [-0.39, 0.29) is 28.9 Å².